The summed E-state index contributed by atoms with van der Waals surface area (Å²) in [7, 11) is 0. The number of carbonyl (C=O) groups excluding carboxylic acids is 2. The smallest absolute Gasteiger partial charge is 0.303 e. The molecule has 0 unspecified atom stereocenters. The molecule has 3 heterocycles. The van der Waals surface area contributed by atoms with Gasteiger partial charge in [-0.05, 0) is 85.6 Å². The molecule has 228 valence electrons. The Labute approximate surface area is 261 Å². The maximum atomic E-state index is 13.6. The van der Waals surface area contributed by atoms with Crippen LogP contribution in [0, 0.1) is 23.7 Å². The van der Waals surface area contributed by atoms with Gasteiger partial charge in [0.25, 0.3) is 0 Å². The second-order valence-corrected chi connectivity index (χ2v) is 13.0. The second-order valence-electron chi connectivity index (χ2n) is 12.1. The highest BCUT2D eigenvalue weighted by Gasteiger charge is 2.56. The fourth-order valence-corrected chi connectivity index (χ4v) is 7.29. The van der Waals surface area contributed by atoms with Crippen molar-refractivity contribution in [2.45, 2.75) is 64.9 Å². The number of phenolic OH excluding ortho intramolecular Hbond substituents is 1. The van der Waals surface area contributed by atoms with Gasteiger partial charge >= 0.3 is 5.97 Å². The van der Waals surface area contributed by atoms with Crippen molar-refractivity contribution in [3.05, 3.63) is 69.5 Å². The van der Waals surface area contributed by atoms with Gasteiger partial charge in [-0.1, -0.05) is 47.8 Å². The van der Waals surface area contributed by atoms with Crippen LogP contribution in [-0.2, 0) is 19.1 Å². The van der Waals surface area contributed by atoms with Gasteiger partial charge in [0.1, 0.15) is 5.75 Å². The van der Waals surface area contributed by atoms with Crippen molar-refractivity contribution in [3.8, 4) is 5.75 Å². The number of unbranched alkanes of at least 4 members (excludes halogenated alkanes) is 2. The van der Waals surface area contributed by atoms with Crippen LogP contribution in [-0.4, -0.2) is 57.1 Å². The number of aromatic nitrogens is 1. The summed E-state index contributed by atoms with van der Waals surface area (Å²) in [5.74, 6) is -1.50. The molecule has 0 spiro atoms. The molecule has 3 aliphatic rings. The summed E-state index contributed by atoms with van der Waals surface area (Å²) >= 11 is 3.50. The maximum absolute atomic E-state index is 13.6. The summed E-state index contributed by atoms with van der Waals surface area (Å²) in [5, 5.41) is 19.4. The fourth-order valence-electron chi connectivity index (χ4n) is 6.91. The van der Waals surface area contributed by atoms with Crippen molar-refractivity contribution >= 4 is 45.4 Å². The molecule has 0 saturated carbocycles. The van der Waals surface area contributed by atoms with E-state index in [1.165, 1.54) is 16.0 Å². The van der Waals surface area contributed by atoms with Gasteiger partial charge in [-0.25, -0.2) is 0 Å². The highest BCUT2D eigenvalue weighted by atomic mass is 79.9. The molecule has 1 aromatic heterocycles. The third kappa shape index (κ3) is 6.78. The van der Waals surface area contributed by atoms with E-state index < -0.39 is 11.9 Å². The predicted octanol–water partition coefficient (Wildman–Crippen LogP) is 6.49. The minimum absolute atomic E-state index is 0.0944. The molecule has 2 amide bonds. The normalized spacial score (nSPS) is 23.7. The first-order chi connectivity index (χ1) is 20.7. The van der Waals surface area contributed by atoms with Crippen LogP contribution in [0.2, 0.25) is 0 Å². The molecule has 2 fully saturated rings. The standard InChI is InChI=1S/C34H39BrN2O6/c1-20(2)24-18-25-32(34(42)37(33(25)41)15-7-3-4-9-30(39)40)26-19-43-29(31(24)26)13-10-21(27-8-5-6-14-36-27)16-22-17-23(35)11-12-28(22)38/h5-6,8,11-12,14,16-17,20,25-26,29,32,38H,3-4,7,9-10,13,15,18-19H2,1-2H3,(H,39,40)/b21-16-/t25-,26+,29-,32-/m1/s1. The van der Waals surface area contributed by atoms with E-state index in [2.05, 4.69) is 34.8 Å². The molecule has 2 saturated heterocycles. The van der Waals surface area contributed by atoms with Crippen molar-refractivity contribution in [1.29, 1.82) is 0 Å². The van der Waals surface area contributed by atoms with E-state index >= 15 is 0 Å². The number of amides is 2. The van der Waals surface area contributed by atoms with Crippen LogP contribution in [0.15, 0.2) is 58.2 Å². The highest BCUT2D eigenvalue weighted by Crippen LogP contribution is 2.51. The summed E-state index contributed by atoms with van der Waals surface area (Å²) in [6, 6.07) is 11.1. The number of hydrogen-bond donors (Lipinski definition) is 2. The molecule has 2 aliphatic heterocycles. The number of aromatic hydroxyl groups is 1. The molecule has 0 bridgehead atoms. The van der Waals surface area contributed by atoms with Crippen LogP contribution in [0.4, 0.5) is 0 Å². The number of pyridine rings is 1. The van der Waals surface area contributed by atoms with E-state index in [9.17, 15) is 19.5 Å². The molecule has 9 heteroatoms. The molecular weight excluding hydrogens is 612 g/mol. The predicted molar refractivity (Wildman–Crippen MR) is 167 cm³/mol. The number of hydrogen-bond acceptors (Lipinski definition) is 6. The molecule has 5 rings (SSSR count). The number of rotatable bonds is 12. The summed E-state index contributed by atoms with van der Waals surface area (Å²) in [5.41, 5.74) is 4.91. The van der Waals surface area contributed by atoms with Crippen molar-refractivity contribution in [3.63, 3.8) is 0 Å². The summed E-state index contributed by atoms with van der Waals surface area (Å²) in [6.45, 7) is 5.05. The van der Waals surface area contributed by atoms with Crippen LogP contribution in [0.5, 0.6) is 5.75 Å². The molecule has 8 nitrogen and oxygen atoms in total. The van der Waals surface area contributed by atoms with Gasteiger partial charge in [0.15, 0.2) is 0 Å². The van der Waals surface area contributed by atoms with E-state index in [-0.39, 0.29) is 47.8 Å². The number of aliphatic carboxylic acids is 1. The first-order valence-corrected chi connectivity index (χ1v) is 16.0. The third-order valence-corrected chi connectivity index (χ3v) is 9.49. The fraction of sp³-hybridized carbons (Fsp3) is 0.471. The van der Waals surface area contributed by atoms with Gasteiger partial charge in [0, 0.05) is 35.1 Å². The number of phenols is 1. The van der Waals surface area contributed by atoms with Gasteiger partial charge in [-0.2, -0.15) is 0 Å². The Kier molecular flexibility index (Phi) is 9.82. The third-order valence-electron chi connectivity index (χ3n) is 8.99. The van der Waals surface area contributed by atoms with Gasteiger partial charge in [0.05, 0.1) is 30.2 Å². The van der Waals surface area contributed by atoms with Crippen molar-refractivity contribution in [1.82, 2.24) is 9.88 Å². The Balaban J connectivity index is 1.35. The topological polar surface area (TPSA) is 117 Å². The average molecular weight is 652 g/mol. The Morgan fingerprint density at radius 2 is 1.93 bits per heavy atom. The Hall–Kier alpha value is -3.30. The van der Waals surface area contributed by atoms with Gasteiger partial charge in [-0.15, -0.1) is 0 Å². The maximum Gasteiger partial charge on any atom is 0.303 e. The summed E-state index contributed by atoms with van der Waals surface area (Å²) < 4.78 is 7.29. The van der Waals surface area contributed by atoms with E-state index in [4.69, 9.17) is 9.84 Å². The molecule has 0 radical (unpaired) electrons. The monoisotopic (exact) mass is 650 g/mol. The lowest BCUT2D eigenvalue weighted by Gasteiger charge is -2.33. The molecule has 2 N–H and O–H groups in total. The van der Waals surface area contributed by atoms with E-state index in [0.717, 1.165) is 15.7 Å². The van der Waals surface area contributed by atoms with Crippen molar-refractivity contribution < 1.29 is 29.3 Å². The minimum atomic E-state index is -0.830. The quantitative estimate of drug-likeness (QED) is 0.153. The molecule has 4 atom stereocenters. The lowest BCUT2D eigenvalue weighted by atomic mass is 9.67. The van der Waals surface area contributed by atoms with Gasteiger partial charge in [0.2, 0.25) is 11.8 Å². The molecule has 43 heavy (non-hydrogen) atoms. The zero-order chi connectivity index (χ0) is 30.7. The molecule has 1 aliphatic carbocycles. The zero-order valence-corrected chi connectivity index (χ0v) is 26.3. The average Bonchev–Trinajstić information content (AvgIpc) is 3.50. The number of ether oxygens (including phenoxy) is 1. The van der Waals surface area contributed by atoms with Crippen molar-refractivity contribution in [2.24, 2.45) is 23.7 Å². The van der Waals surface area contributed by atoms with Crippen LogP contribution >= 0.6 is 15.9 Å². The first kappa shape index (κ1) is 31.1. The van der Waals surface area contributed by atoms with E-state index in [1.54, 1.807) is 18.3 Å². The molecule has 2 aromatic rings. The number of allylic oxidation sites excluding steroid dienone is 2. The van der Waals surface area contributed by atoms with Gasteiger partial charge in [-0.3, -0.25) is 24.3 Å². The summed E-state index contributed by atoms with van der Waals surface area (Å²) in [4.78, 5) is 43.9. The summed E-state index contributed by atoms with van der Waals surface area (Å²) in [6.07, 6.45) is 7.38. The van der Waals surface area contributed by atoms with Crippen LogP contribution in [0.1, 0.15) is 70.1 Å². The highest BCUT2D eigenvalue weighted by molar-refractivity contribution is 9.10. The first-order valence-electron chi connectivity index (χ1n) is 15.2. The van der Waals surface area contributed by atoms with Crippen LogP contribution < -0.4 is 0 Å². The number of carboxylic acids is 1. The number of nitrogens with zero attached hydrogens (tertiary/aromatic N) is 2. The lowest BCUT2D eigenvalue weighted by Crippen LogP contribution is -2.35. The number of benzene rings is 1. The molecular formula is C34H39BrN2O6. The minimum Gasteiger partial charge on any atom is -0.507 e. The Morgan fingerprint density at radius 3 is 2.65 bits per heavy atom. The van der Waals surface area contributed by atoms with E-state index in [0.29, 0.717) is 57.2 Å². The van der Waals surface area contributed by atoms with Crippen LogP contribution in [0.3, 0.4) is 0 Å². The number of imide groups is 1. The number of halogens is 1. The molecule has 1 aromatic carbocycles. The SMILES string of the molecule is CC(C)C1=C2[C@@H](CC/C(=C/c3cc(Br)ccc3O)c3ccccn3)OC[C@@H]2[C@@H]2C(=O)N(CCCCCC(=O)O)C(=O)[C@@H]2C1. The Morgan fingerprint density at radius 1 is 1.12 bits per heavy atom. The number of fused-ring (bicyclic) bond motifs is 3. The van der Waals surface area contributed by atoms with Gasteiger partial charge < -0.3 is 14.9 Å². The second kappa shape index (κ2) is 13.6. The number of likely N-dealkylation sites (tertiary alicyclic amines) is 1. The number of carbonyl (C=O) groups is 3. The number of carboxylic acid groups (broad SMARTS) is 1. The lowest BCUT2D eigenvalue weighted by molar-refractivity contribution is -0.141. The van der Waals surface area contributed by atoms with E-state index in [1.807, 2.05) is 30.3 Å². The van der Waals surface area contributed by atoms with Crippen LogP contribution in [0.25, 0.3) is 11.6 Å². The van der Waals surface area contributed by atoms with Crippen molar-refractivity contribution in [2.75, 3.05) is 13.2 Å². The zero-order valence-electron chi connectivity index (χ0n) is 24.7. The largest absolute Gasteiger partial charge is 0.507 e. The Bertz CT molecular complexity index is 1440.